The van der Waals surface area contributed by atoms with Crippen LogP contribution in [0.3, 0.4) is 0 Å². The van der Waals surface area contributed by atoms with Gasteiger partial charge in [-0.1, -0.05) is 28.1 Å². The van der Waals surface area contributed by atoms with E-state index < -0.39 is 35.7 Å². The molecule has 0 radical (unpaired) electrons. The summed E-state index contributed by atoms with van der Waals surface area (Å²) in [6.07, 6.45) is -0.767. The van der Waals surface area contributed by atoms with Crippen LogP contribution in [0.4, 0.5) is 4.79 Å². The molecule has 162 valence electrons. The molecule has 0 saturated carbocycles. The van der Waals surface area contributed by atoms with Crippen LogP contribution >= 0.6 is 15.9 Å². The van der Waals surface area contributed by atoms with Crippen LogP contribution in [-0.2, 0) is 26.3 Å². The first-order chi connectivity index (χ1) is 13.8. The summed E-state index contributed by atoms with van der Waals surface area (Å²) in [5, 5.41) is 20.9. The molecular formula is C21H24BrNO7. The number of benzene rings is 1. The molecule has 1 aromatic carbocycles. The van der Waals surface area contributed by atoms with Gasteiger partial charge in [0, 0.05) is 22.7 Å². The van der Waals surface area contributed by atoms with Gasteiger partial charge in [0.05, 0.1) is 13.5 Å². The summed E-state index contributed by atoms with van der Waals surface area (Å²) in [5.74, 6) is -1.54. The van der Waals surface area contributed by atoms with Gasteiger partial charge in [-0.15, -0.1) is 0 Å². The highest BCUT2D eigenvalue weighted by Crippen LogP contribution is 2.33. The number of rotatable bonds is 6. The second-order valence-corrected chi connectivity index (χ2v) is 8.77. The van der Waals surface area contributed by atoms with E-state index >= 15 is 0 Å². The summed E-state index contributed by atoms with van der Waals surface area (Å²) in [5.41, 5.74) is -2.08. The Morgan fingerprint density at radius 2 is 1.73 bits per heavy atom. The number of aliphatic hydroxyl groups is 1. The second-order valence-electron chi connectivity index (χ2n) is 7.86. The van der Waals surface area contributed by atoms with Crippen LogP contribution in [0.2, 0.25) is 0 Å². The number of carbonyl (C=O) groups is 3. The number of hydrogen-bond donors (Lipinski definition) is 2. The third kappa shape index (κ3) is 5.93. The number of halogens is 1. The smallest absolute Gasteiger partial charge is 0.416 e. The fourth-order valence-electron chi connectivity index (χ4n) is 2.96. The molecule has 0 aliphatic carbocycles. The first-order valence-corrected chi connectivity index (χ1v) is 9.87. The van der Waals surface area contributed by atoms with Gasteiger partial charge < -0.3 is 19.7 Å². The van der Waals surface area contributed by atoms with Gasteiger partial charge in [-0.2, -0.15) is 0 Å². The quantitative estimate of drug-likeness (QED) is 0.603. The number of methoxy groups -OCH3 is 1. The van der Waals surface area contributed by atoms with E-state index in [1.54, 1.807) is 45.0 Å². The molecule has 1 unspecified atom stereocenters. The highest BCUT2D eigenvalue weighted by Gasteiger charge is 2.37. The van der Waals surface area contributed by atoms with Gasteiger partial charge in [-0.3, -0.25) is 4.79 Å². The van der Waals surface area contributed by atoms with Crippen molar-refractivity contribution in [2.45, 2.75) is 44.8 Å². The lowest BCUT2D eigenvalue weighted by atomic mass is 9.85. The normalized spacial score (nSPS) is 13.4. The van der Waals surface area contributed by atoms with Crippen LogP contribution in [-0.4, -0.2) is 45.5 Å². The Morgan fingerprint density at radius 1 is 1.13 bits per heavy atom. The fourth-order valence-corrected chi connectivity index (χ4v) is 3.22. The molecule has 1 heterocycles. The maximum atomic E-state index is 12.5. The third-order valence-electron chi connectivity index (χ3n) is 4.22. The monoisotopic (exact) mass is 481 g/mol. The van der Waals surface area contributed by atoms with Crippen molar-refractivity contribution in [2.75, 3.05) is 7.11 Å². The Balaban J connectivity index is 2.51. The lowest BCUT2D eigenvalue weighted by Crippen LogP contribution is -2.35. The van der Waals surface area contributed by atoms with Crippen LogP contribution in [0.15, 0.2) is 41.0 Å². The number of carboxylic acid groups (broad SMARTS) is 1. The molecule has 1 atom stereocenters. The van der Waals surface area contributed by atoms with Gasteiger partial charge in [-0.25, -0.2) is 14.2 Å². The van der Waals surface area contributed by atoms with Crippen molar-refractivity contribution in [3.05, 3.63) is 57.8 Å². The summed E-state index contributed by atoms with van der Waals surface area (Å²) in [4.78, 5) is 36.1. The van der Waals surface area contributed by atoms with Gasteiger partial charge in [-0.05, 0) is 44.5 Å². The first kappa shape index (κ1) is 23.6. The maximum Gasteiger partial charge on any atom is 0.416 e. The predicted octanol–water partition coefficient (Wildman–Crippen LogP) is 3.73. The van der Waals surface area contributed by atoms with E-state index in [2.05, 4.69) is 20.7 Å². The average molecular weight is 482 g/mol. The zero-order valence-corrected chi connectivity index (χ0v) is 18.7. The Kier molecular flexibility index (Phi) is 7.10. The van der Waals surface area contributed by atoms with Gasteiger partial charge in [0.25, 0.3) is 0 Å². The van der Waals surface area contributed by atoms with Gasteiger partial charge >= 0.3 is 18.0 Å². The zero-order valence-electron chi connectivity index (χ0n) is 17.1. The van der Waals surface area contributed by atoms with E-state index in [-0.39, 0.29) is 17.7 Å². The Morgan fingerprint density at radius 3 is 2.23 bits per heavy atom. The molecule has 30 heavy (non-hydrogen) atoms. The van der Waals surface area contributed by atoms with Crippen molar-refractivity contribution in [1.82, 2.24) is 4.57 Å². The minimum Gasteiger partial charge on any atom is -0.464 e. The highest BCUT2D eigenvalue weighted by molar-refractivity contribution is 9.10. The molecule has 2 aromatic rings. The predicted molar refractivity (Wildman–Crippen MR) is 111 cm³/mol. The van der Waals surface area contributed by atoms with Crippen molar-refractivity contribution < 1.29 is 34.1 Å². The number of aromatic nitrogens is 1. The van der Waals surface area contributed by atoms with Crippen LogP contribution in [0.5, 0.6) is 0 Å². The molecule has 1 aromatic heterocycles. The molecule has 0 bridgehead atoms. The molecule has 9 heteroatoms. The Bertz CT molecular complexity index is 943. The molecule has 2 N–H and O–H groups in total. The van der Waals surface area contributed by atoms with Crippen molar-refractivity contribution >= 4 is 34.0 Å². The molecule has 8 nitrogen and oxygen atoms in total. The van der Waals surface area contributed by atoms with Gasteiger partial charge in [0.2, 0.25) is 0 Å². The van der Waals surface area contributed by atoms with Crippen molar-refractivity contribution in [1.29, 1.82) is 0 Å². The SMILES string of the molecule is COC(=O)c1cc(C(O)(CC(=O)OC(C)(C)C)Cc2ccc(Br)cc2)cn1C(=O)O. The van der Waals surface area contributed by atoms with Crippen molar-refractivity contribution in [3.63, 3.8) is 0 Å². The molecule has 0 saturated heterocycles. The maximum absolute atomic E-state index is 12.5. The minimum absolute atomic E-state index is 0.0102. The van der Waals surface area contributed by atoms with Crippen molar-refractivity contribution in [2.24, 2.45) is 0 Å². The van der Waals surface area contributed by atoms with Crippen LogP contribution in [0.25, 0.3) is 0 Å². The van der Waals surface area contributed by atoms with E-state index in [1.807, 2.05) is 0 Å². The fraction of sp³-hybridized carbons (Fsp3) is 0.381. The zero-order chi connectivity index (χ0) is 22.7. The molecule has 2 rings (SSSR count). The Hall–Kier alpha value is -2.65. The summed E-state index contributed by atoms with van der Waals surface area (Å²) in [7, 11) is 1.12. The molecule has 0 fully saturated rings. The first-order valence-electron chi connectivity index (χ1n) is 9.08. The van der Waals surface area contributed by atoms with E-state index in [4.69, 9.17) is 4.74 Å². The summed E-state index contributed by atoms with van der Waals surface area (Å²) >= 11 is 3.34. The van der Waals surface area contributed by atoms with Crippen molar-refractivity contribution in [3.8, 4) is 0 Å². The summed E-state index contributed by atoms with van der Waals surface area (Å²) < 4.78 is 11.5. The van der Waals surface area contributed by atoms with Gasteiger partial charge in [0.1, 0.15) is 16.9 Å². The molecule has 0 amide bonds. The summed E-state index contributed by atoms with van der Waals surface area (Å²) in [6.45, 7) is 5.11. The highest BCUT2D eigenvalue weighted by atomic mass is 79.9. The topological polar surface area (TPSA) is 115 Å². The molecule has 0 aliphatic heterocycles. The van der Waals surface area contributed by atoms with E-state index in [1.165, 1.54) is 6.07 Å². The lowest BCUT2D eigenvalue weighted by molar-refractivity contribution is -0.160. The number of carbonyl (C=O) groups excluding carboxylic acids is 2. The largest absolute Gasteiger partial charge is 0.464 e. The second kappa shape index (κ2) is 9.01. The average Bonchev–Trinajstić information content (AvgIpc) is 3.08. The summed E-state index contributed by atoms with van der Waals surface area (Å²) in [6, 6.07) is 8.30. The van der Waals surface area contributed by atoms with E-state index in [9.17, 15) is 24.6 Å². The number of nitrogens with zero attached hydrogens (tertiary/aromatic N) is 1. The van der Waals surface area contributed by atoms with Gasteiger partial charge in [0.15, 0.2) is 0 Å². The third-order valence-corrected chi connectivity index (χ3v) is 4.75. The lowest BCUT2D eigenvalue weighted by Gasteiger charge is -2.29. The van der Waals surface area contributed by atoms with Crippen LogP contribution in [0, 0.1) is 0 Å². The number of ether oxygens (including phenoxy) is 2. The number of esters is 2. The molecular weight excluding hydrogens is 458 g/mol. The van der Waals surface area contributed by atoms with Crippen LogP contribution in [0.1, 0.15) is 48.8 Å². The van der Waals surface area contributed by atoms with E-state index in [0.717, 1.165) is 17.8 Å². The van der Waals surface area contributed by atoms with E-state index in [0.29, 0.717) is 10.1 Å². The Labute approximate surface area is 182 Å². The molecule has 0 spiro atoms. The van der Waals surface area contributed by atoms with Crippen LogP contribution < -0.4 is 0 Å². The molecule has 0 aliphatic rings. The number of hydrogen-bond acceptors (Lipinski definition) is 6. The minimum atomic E-state index is -1.82. The standard InChI is InChI=1S/C21H24BrNO7/c1-20(2,3)30-17(24)11-21(28,10-13-5-7-15(22)8-6-13)14-9-16(18(25)29-4)23(12-14)19(26)27/h5-9,12,28H,10-11H2,1-4H3,(H,26,27).